The summed E-state index contributed by atoms with van der Waals surface area (Å²) in [6.45, 7) is 16.1. The molecule has 1 aliphatic heterocycles. The van der Waals surface area contributed by atoms with E-state index in [4.69, 9.17) is 9.47 Å². The Labute approximate surface area is 239 Å². The smallest absolute Gasteiger partial charge is 0.338 e. The van der Waals surface area contributed by atoms with Crippen LogP contribution in [-0.2, 0) is 20.4 Å². The average molecular weight is 563 g/mol. The normalized spacial score (nSPS) is 16.0. The van der Waals surface area contributed by atoms with Crippen molar-refractivity contribution in [3.05, 3.63) is 89.6 Å². The second kappa shape index (κ2) is 10.7. The van der Waals surface area contributed by atoms with Crippen molar-refractivity contribution in [1.82, 2.24) is 4.57 Å². The van der Waals surface area contributed by atoms with Crippen LogP contribution in [0.5, 0.6) is 11.5 Å². The van der Waals surface area contributed by atoms with Crippen LogP contribution < -0.4 is 19.6 Å². The molecule has 4 rings (SSSR count). The van der Waals surface area contributed by atoms with Gasteiger partial charge in [0.1, 0.15) is 11.5 Å². The van der Waals surface area contributed by atoms with Crippen molar-refractivity contribution in [3.63, 3.8) is 0 Å². The van der Waals surface area contributed by atoms with Gasteiger partial charge in [-0.3, -0.25) is 9.36 Å². The molecule has 0 unspecified atom stereocenters. The number of phenolic OH excluding ortho intramolecular Hbond substituents is 1. The molecule has 212 valence electrons. The molecule has 0 radical (unpaired) electrons. The SMILES string of the molecule is CCOC(=O)C1=C(C)N=c2sc(=Cc3cc(C(C)(C)C)c(O)c(C(C)(C)C)c3)c(=O)n2[C@H]1c1ccc(OC)cc1. The van der Waals surface area contributed by atoms with Gasteiger partial charge in [0.25, 0.3) is 5.56 Å². The highest BCUT2D eigenvalue weighted by atomic mass is 32.1. The predicted octanol–water partition coefficient (Wildman–Crippen LogP) is 5.11. The third-order valence-electron chi connectivity index (χ3n) is 6.99. The summed E-state index contributed by atoms with van der Waals surface area (Å²) in [4.78, 5) is 32.3. The van der Waals surface area contributed by atoms with Crippen molar-refractivity contribution in [3.8, 4) is 11.5 Å². The van der Waals surface area contributed by atoms with E-state index in [0.29, 0.717) is 26.4 Å². The molecule has 2 aromatic carbocycles. The van der Waals surface area contributed by atoms with Gasteiger partial charge in [-0.1, -0.05) is 65.0 Å². The van der Waals surface area contributed by atoms with Crippen LogP contribution in [0.3, 0.4) is 0 Å². The minimum absolute atomic E-state index is 0.211. The summed E-state index contributed by atoms with van der Waals surface area (Å²) in [7, 11) is 1.59. The molecule has 1 atom stereocenters. The third-order valence-corrected chi connectivity index (χ3v) is 7.98. The van der Waals surface area contributed by atoms with E-state index in [1.165, 1.54) is 11.3 Å². The van der Waals surface area contributed by atoms with Gasteiger partial charge in [0.05, 0.1) is 35.6 Å². The number of methoxy groups -OCH3 is 1. The number of rotatable bonds is 5. The Hall–Kier alpha value is -3.65. The van der Waals surface area contributed by atoms with E-state index in [1.54, 1.807) is 25.5 Å². The number of nitrogens with zero attached hydrogens (tertiary/aromatic N) is 2. The Morgan fingerprint density at radius 2 is 1.65 bits per heavy atom. The average Bonchev–Trinajstić information content (AvgIpc) is 3.17. The van der Waals surface area contributed by atoms with E-state index in [2.05, 4.69) is 46.5 Å². The van der Waals surface area contributed by atoms with Gasteiger partial charge < -0.3 is 14.6 Å². The minimum Gasteiger partial charge on any atom is -0.507 e. The highest BCUT2D eigenvalue weighted by Gasteiger charge is 2.33. The molecule has 1 N–H and O–H groups in total. The molecule has 0 saturated heterocycles. The van der Waals surface area contributed by atoms with E-state index < -0.39 is 12.0 Å². The Kier molecular flexibility index (Phi) is 7.87. The molecule has 0 aliphatic carbocycles. The van der Waals surface area contributed by atoms with E-state index in [9.17, 15) is 14.7 Å². The van der Waals surface area contributed by atoms with Crippen molar-refractivity contribution in [2.45, 2.75) is 72.3 Å². The molecule has 40 heavy (non-hydrogen) atoms. The van der Waals surface area contributed by atoms with Crippen LogP contribution in [-0.4, -0.2) is 29.4 Å². The number of hydrogen-bond acceptors (Lipinski definition) is 7. The first-order chi connectivity index (χ1) is 18.7. The Bertz CT molecular complexity index is 1630. The molecule has 8 heteroatoms. The number of allylic oxidation sites excluding steroid dienone is 1. The van der Waals surface area contributed by atoms with E-state index in [1.807, 2.05) is 42.5 Å². The first-order valence-electron chi connectivity index (χ1n) is 13.4. The number of benzene rings is 2. The van der Waals surface area contributed by atoms with Gasteiger partial charge in [0.2, 0.25) is 0 Å². The van der Waals surface area contributed by atoms with Crippen LogP contribution in [0.2, 0.25) is 0 Å². The predicted molar refractivity (Wildman–Crippen MR) is 159 cm³/mol. The lowest BCUT2D eigenvalue weighted by atomic mass is 9.78. The molecule has 3 aromatic rings. The van der Waals surface area contributed by atoms with Gasteiger partial charge >= 0.3 is 5.97 Å². The van der Waals surface area contributed by atoms with Gasteiger partial charge in [0, 0.05) is 11.1 Å². The summed E-state index contributed by atoms with van der Waals surface area (Å²) in [5.74, 6) is 0.459. The second-order valence-electron chi connectivity index (χ2n) is 12.0. The number of thiazole rings is 1. The van der Waals surface area contributed by atoms with Crippen LogP contribution >= 0.6 is 11.3 Å². The summed E-state index contributed by atoms with van der Waals surface area (Å²) >= 11 is 1.28. The third kappa shape index (κ3) is 5.50. The van der Waals surface area contributed by atoms with Crippen molar-refractivity contribution >= 4 is 23.4 Å². The maximum atomic E-state index is 14.0. The lowest BCUT2D eigenvalue weighted by Gasteiger charge is -2.27. The maximum absolute atomic E-state index is 14.0. The van der Waals surface area contributed by atoms with Crippen molar-refractivity contribution < 1.29 is 19.4 Å². The molecule has 0 saturated carbocycles. The van der Waals surface area contributed by atoms with Crippen LogP contribution in [0.15, 0.2) is 57.5 Å². The summed E-state index contributed by atoms with van der Waals surface area (Å²) in [6.07, 6.45) is 1.85. The largest absolute Gasteiger partial charge is 0.507 e. The van der Waals surface area contributed by atoms with Crippen molar-refractivity contribution in [2.24, 2.45) is 4.99 Å². The van der Waals surface area contributed by atoms with Gasteiger partial charge in [-0.25, -0.2) is 9.79 Å². The van der Waals surface area contributed by atoms with Gasteiger partial charge in [-0.2, -0.15) is 0 Å². The number of hydrogen-bond donors (Lipinski definition) is 1. The summed E-state index contributed by atoms with van der Waals surface area (Å²) < 4.78 is 12.8. The molecule has 0 bridgehead atoms. The topological polar surface area (TPSA) is 90.1 Å². The van der Waals surface area contributed by atoms with Crippen molar-refractivity contribution in [1.29, 1.82) is 0 Å². The van der Waals surface area contributed by atoms with Crippen LogP contribution in [0, 0.1) is 0 Å². The highest BCUT2D eigenvalue weighted by molar-refractivity contribution is 7.07. The fourth-order valence-corrected chi connectivity index (χ4v) is 5.97. The molecule has 0 fully saturated rings. The van der Waals surface area contributed by atoms with Gasteiger partial charge in [-0.05, 0) is 66.1 Å². The zero-order valence-electron chi connectivity index (χ0n) is 24.7. The summed E-state index contributed by atoms with van der Waals surface area (Å²) in [5, 5.41) is 11.1. The number of fused-ring (bicyclic) bond motifs is 1. The molecule has 0 spiro atoms. The first kappa shape index (κ1) is 29.3. The molecule has 1 aliphatic rings. The molecule has 2 heterocycles. The quantitative estimate of drug-likeness (QED) is 0.437. The minimum atomic E-state index is -0.696. The molecule has 7 nitrogen and oxygen atoms in total. The highest BCUT2D eigenvalue weighted by Crippen LogP contribution is 2.40. The number of ether oxygens (including phenoxy) is 2. The summed E-state index contributed by atoms with van der Waals surface area (Å²) in [5.41, 5.74) is 3.19. The Morgan fingerprint density at radius 1 is 1.07 bits per heavy atom. The summed E-state index contributed by atoms with van der Waals surface area (Å²) in [6, 6.07) is 10.5. The van der Waals surface area contributed by atoms with Gasteiger partial charge in [0.15, 0.2) is 4.80 Å². The van der Waals surface area contributed by atoms with Crippen LogP contribution in [0.1, 0.15) is 83.7 Å². The van der Waals surface area contributed by atoms with Crippen LogP contribution in [0.4, 0.5) is 0 Å². The van der Waals surface area contributed by atoms with E-state index in [-0.39, 0.29) is 28.7 Å². The second-order valence-corrected chi connectivity index (χ2v) is 13.0. The fourth-order valence-electron chi connectivity index (χ4n) is 4.93. The number of aromatic hydroxyl groups is 1. The maximum Gasteiger partial charge on any atom is 0.338 e. The number of aromatic nitrogens is 1. The molecule has 0 amide bonds. The van der Waals surface area contributed by atoms with E-state index in [0.717, 1.165) is 22.3 Å². The lowest BCUT2D eigenvalue weighted by Crippen LogP contribution is -2.39. The van der Waals surface area contributed by atoms with E-state index >= 15 is 0 Å². The van der Waals surface area contributed by atoms with Gasteiger partial charge in [-0.15, -0.1) is 0 Å². The zero-order valence-corrected chi connectivity index (χ0v) is 25.5. The Balaban J connectivity index is 1.98. The fraction of sp³-hybridized carbons (Fsp3) is 0.406. The zero-order chi connectivity index (χ0) is 29.6. The molecular weight excluding hydrogens is 524 g/mol. The Morgan fingerprint density at radius 3 is 2.15 bits per heavy atom. The standard InChI is InChI=1S/C32H38N2O5S/c1-10-39-29(37)25-18(2)33-30-34(26(25)20-11-13-21(38-9)14-12-20)28(36)24(40-30)17-19-15-22(31(3,4)5)27(35)23(16-19)32(6,7)8/h11-17,26,35H,10H2,1-9H3/t26-/m0/s1. The van der Waals surface area contributed by atoms with Crippen molar-refractivity contribution in [2.75, 3.05) is 13.7 Å². The lowest BCUT2D eigenvalue weighted by molar-refractivity contribution is -0.139. The van der Waals surface area contributed by atoms with Crippen LogP contribution in [0.25, 0.3) is 6.08 Å². The monoisotopic (exact) mass is 562 g/mol. The number of phenols is 1. The number of carbonyl (C=O) groups is 1. The molecule has 1 aromatic heterocycles. The molecular formula is C32H38N2O5S. The number of carbonyl (C=O) groups excluding carboxylic acids is 1. The first-order valence-corrected chi connectivity index (χ1v) is 14.2. The number of esters is 1.